The van der Waals surface area contributed by atoms with Crippen LogP contribution in [-0.4, -0.2) is 7.05 Å². The van der Waals surface area contributed by atoms with Crippen LogP contribution in [0.3, 0.4) is 0 Å². The molecule has 1 nitrogen and oxygen atoms in total. The van der Waals surface area contributed by atoms with E-state index in [2.05, 4.69) is 215 Å². The Morgan fingerprint density at radius 3 is 1.81 bits per heavy atom. The molecule has 0 heterocycles. The molecular formula is C52H45N. The second kappa shape index (κ2) is 13.7. The fraction of sp³-hybridized carbons (Fsp3) is 0.115. The number of rotatable bonds is 8. The van der Waals surface area contributed by atoms with Gasteiger partial charge in [-0.2, -0.15) is 0 Å². The van der Waals surface area contributed by atoms with E-state index in [4.69, 9.17) is 0 Å². The van der Waals surface area contributed by atoms with Crippen molar-refractivity contribution in [1.82, 2.24) is 5.32 Å². The minimum Gasteiger partial charge on any atom is -0.388 e. The van der Waals surface area contributed by atoms with Gasteiger partial charge in [-0.05, 0) is 111 Å². The molecule has 0 saturated heterocycles. The van der Waals surface area contributed by atoms with Crippen LogP contribution in [0.4, 0.5) is 0 Å². The summed E-state index contributed by atoms with van der Waals surface area (Å²) in [7, 11) is 2.04. The molecule has 0 aliphatic heterocycles. The van der Waals surface area contributed by atoms with E-state index in [9.17, 15) is 0 Å². The number of fused-ring (bicyclic) bond motifs is 6. The summed E-state index contributed by atoms with van der Waals surface area (Å²) in [6.45, 7) is 10.8. The predicted molar refractivity (Wildman–Crippen MR) is 226 cm³/mol. The summed E-state index contributed by atoms with van der Waals surface area (Å²) < 4.78 is 0. The lowest BCUT2D eigenvalue weighted by Gasteiger charge is -2.36. The highest BCUT2D eigenvalue weighted by Crippen LogP contribution is 2.64. The highest BCUT2D eigenvalue weighted by Gasteiger charge is 2.53. The zero-order chi connectivity index (χ0) is 36.6. The van der Waals surface area contributed by atoms with Crippen molar-refractivity contribution in [1.29, 1.82) is 0 Å². The van der Waals surface area contributed by atoms with Crippen LogP contribution in [0, 0.1) is 0 Å². The third-order valence-corrected chi connectivity index (χ3v) is 11.4. The Bertz CT molecular complexity index is 2470. The Morgan fingerprint density at radius 2 is 1.23 bits per heavy atom. The Balaban J connectivity index is 1.65. The first kappa shape index (κ1) is 33.9. The maximum Gasteiger partial charge on any atom is 0.0714 e. The second-order valence-electron chi connectivity index (χ2n) is 13.8. The molecule has 0 radical (unpaired) electrons. The molecule has 6 aromatic carbocycles. The van der Waals surface area contributed by atoms with E-state index in [-0.39, 0.29) is 0 Å². The minimum absolute atomic E-state index is 0.548. The SMILES string of the molecule is C=C/C(=C\C=C/C)C1(c2ccccc2)C(=C/C)/C(=C(/C=C\C)NC)c2cc3c(cc21)-c1c(ccc2ccccc12)C3(c1ccccc1)c1ccccc1. The number of hydrogen-bond acceptors (Lipinski definition) is 1. The monoisotopic (exact) mass is 683 g/mol. The molecule has 0 amide bonds. The smallest absolute Gasteiger partial charge is 0.0714 e. The van der Waals surface area contributed by atoms with E-state index in [1.54, 1.807) is 0 Å². The molecule has 2 aliphatic rings. The van der Waals surface area contributed by atoms with Crippen molar-refractivity contribution >= 4 is 16.3 Å². The van der Waals surface area contributed by atoms with Crippen molar-refractivity contribution in [2.75, 3.05) is 7.05 Å². The maximum absolute atomic E-state index is 4.47. The lowest BCUT2D eigenvalue weighted by molar-refractivity contribution is 0.756. The molecule has 53 heavy (non-hydrogen) atoms. The number of nitrogens with one attached hydrogen (secondary N) is 1. The van der Waals surface area contributed by atoms with E-state index < -0.39 is 10.8 Å². The van der Waals surface area contributed by atoms with Crippen LogP contribution in [-0.2, 0) is 10.8 Å². The summed E-state index contributed by atoms with van der Waals surface area (Å²) in [6.07, 6.45) is 15.2. The van der Waals surface area contributed by atoms with Gasteiger partial charge in [0.25, 0.3) is 0 Å². The molecule has 0 spiro atoms. The van der Waals surface area contributed by atoms with Crippen LogP contribution >= 0.6 is 0 Å². The van der Waals surface area contributed by atoms with Gasteiger partial charge in [-0.1, -0.05) is 170 Å². The van der Waals surface area contributed by atoms with Crippen LogP contribution < -0.4 is 5.32 Å². The molecule has 1 unspecified atom stereocenters. The highest BCUT2D eigenvalue weighted by atomic mass is 14.8. The summed E-state index contributed by atoms with van der Waals surface area (Å²) in [6, 6.07) is 51.9. The Morgan fingerprint density at radius 1 is 0.623 bits per heavy atom. The van der Waals surface area contributed by atoms with E-state index >= 15 is 0 Å². The lowest BCUT2D eigenvalue weighted by atomic mass is 9.65. The van der Waals surface area contributed by atoms with E-state index in [0.29, 0.717) is 0 Å². The summed E-state index contributed by atoms with van der Waals surface area (Å²) in [5.74, 6) is 0. The molecular weight excluding hydrogens is 639 g/mol. The van der Waals surface area contributed by atoms with Crippen LogP contribution in [0.25, 0.3) is 27.5 Å². The predicted octanol–water partition coefficient (Wildman–Crippen LogP) is 12.6. The van der Waals surface area contributed by atoms with Gasteiger partial charge >= 0.3 is 0 Å². The average molecular weight is 684 g/mol. The van der Waals surface area contributed by atoms with Gasteiger partial charge in [0.05, 0.1) is 10.8 Å². The number of hydrogen-bond donors (Lipinski definition) is 1. The largest absolute Gasteiger partial charge is 0.388 e. The molecule has 0 saturated carbocycles. The first-order valence-corrected chi connectivity index (χ1v) is 18.7. The molecule has 258 valence electrons. The van der Waals surface area contributed by atoms with Gasteiger partial charge in [-0.25, -0.2) is 0 Å². The van der Waals surface area contributed by atoms with Crippen LogP contribution in [0.2, 0.25) is 0 Å². The fourth-order valence-corrected chi connectivity index (χ4v) is 9.43. The summed E-state index contributed by atoms with van der Waals surface area (Å²) >= 11 is 0. The fourth-order valence-electron chi connectivity index (χ4n) is 9.43. The van der Waals surface area contributed by atoms with Gasteiger partial charge in [0.15, 0.2) is 0 Å². The number of benzene rings is 6. The molecule has 0 fully saturated rings. The molecule has 6 aromatic rings. The van der Waals surface area contributed by atoms with Crippen molar-refractivity contribution in [2.24, 2.45) is 0 Å². The average Bonchev–Trinajstić information content (AvgIpc) is 3.68. The van der Waals surface area contributed by atoms with Crippen LogP contribution in [0.15, 0.2) is 205 Å². The normalized spacial score (nSPS) is 19.1. The van der Waals surface area contributed by atoms with Crippen molar-refractivity contribution in [3.05, 3.63) is 244 Å². The quantitative estimate of drug-likeness (QED) is 0.157. The molecule has 0 aromatic heterocycles. The zero-order valence-electron chi connectivity index (χ0n) is 31.0. The maximum atomic E-state index is 4.47. The second-order valence-corrected chi connectivity index (χ2v) is 13.8. The van der Waals surface area contributed by atoms with E-state index in [0.717, 1.165) is 11.3 Å². The number of allylic oxidation sites excluding steroid dienone is 10. The van der Waals surface area contributed by atoms with Gasteiger partial charge in [-0.15, -0.1) is 0 Å². The van der Waals surface area contributed by atoms with Crippen molar-refractivity contribution in [3.8, 4) is 11.1 Å². The molecule has 1 heteroatoms. The van der Waals surface area contributed by atoms with Crippen LogP contribution in [0.1, 0.15) is 59.7 Å². The summed E-state index contributed by atoms with van der Waals surface area (Å²) in [4.78, 5) is 0. The Kier molecular flexibility index (Phi) is 8.80. The van der Waals surface area contributed by atoms with Gasteiger partial charge in [-0.3, -0.25) is 0 Å². The van der Waals surface area contributed by atoms with E-state index in [1.807, 2.05) is 7.05 Å². The molecule has 0 bridgehead atoms. The first-order valence-electron chi connectivity index (χ1n) is 18.7. The molecule has 1 atom stereocenters. The van der Waals surface area contributed by atoms with Gasteiger partial charge in [0.1, 0.15) is 0 Å². The van der Waals surface area contributed by atoms with Crippen molar-refractivity contribution in [3.63, 3.8) is 0 Å². The van der Waals surface area contributed by atoms with Crippen molar-refractivity contribution < 1.29 is 0 Å². The van der Waals surface area contributed by atoms with Gasteiger partial charge < -0.3 is 5.32 Å². The third kappa shape index (κ3) is 4.84. The Hall–Kier alpha value is -6.18. The molecule has 1 N–H and O–H groups in total. The van der Waals surface area contributed by atoms with Crippen molar-refractivity contribution in [2.45, 2.75) is 31.6 Å². The highest BCUT2D eigenvalue weighted by molar-refractivity contribution is 6.06. The third-order valence-electron chi connectivity index (χ3n) is 11.4. The minimum atomic E-state index is -0.629. The van der Waals surface area contributed by atoms with Gasteiger partial charge in [0.2, 0.25) is 0 Å². The van der Waals surface area contributed by atoms with Gasteiger partial charge in [0, 0.05) is 18.3 Å². The summed E-state index contributed by atoms with van der Waals surface area (Å²) in [5, 5.41) is 6.13. The first-order chi connectivity index (χ1) is 26.1. The number of likely N-dealkylation sites (N-methyl/N-ethyl adjacent to an activating group) is 1. The lowest BCUT2D eigenvalue weighted by Crippen LogP contribution is -2.30. The van der Waals surface area contributed by atoms with Crippen LogP contribution in [0.5, 0.6) is 0 Å². The molecule has 8 rings (SSSR count). The summed E-state index contributed by atoms with van der Waals surface area (Å²) in [5.41, 5.74) is 14.9. The topological polar surface area (TPSA) is 12.0 Å². The zero-order valence-corrected chi connectivity index (χ0v) is 31.0. The molecule has 2 aliphatic carbocycles. The Labute approximate surface area is 314 Å². The van der Waals surface area contributed by atoms with E-state index in [1.165, 1.54) is 72.0 Å². The standard InChI is InChI=1S/C52H45N/c1-6-10-24-37(8-3)51(38-25-14-11-15-26-38)44(9-4)50(48(53-5)22-7-2)43-35-46-42(34-47(43)51)49-41-31-21-20-23-36(41)32-33-45(49)52(46,39-27-16-12-17-28-39)40-29-18-13-19-30-40/h6-35,53H,3H2,1-2,4-5H3/b10-6-,22-7-,37-24+,44-9+,50-48-.